The van der Waals surface area contributed by atoms with Gasteiger partial charge in [0.15, 0.2) is 0 Å². The van der Waals surface area contributed by atoms with E-state index in [4.69, 9.17) is 10.8 Å². The zero-order valence-electron chi connectivity index (χ0n) is 9.27. The molecule has 1 atom stereocenters. The Morgan fingerprint density at radius 2 is 2.50 bits per heavy atom. The first kappa shape index (κ1) is 13.1. The van der Waals surface area contributed by atoms with Gasteiger partial charge in [-0.2, -0.15) is 0 Å². The summed E-state index contributed by atoms with van der Waals surface area (Å²) in [6.07, 6.45) is 0.699. The third-order valence-corrected chi connectivity index (χ3v) is 2.97. The normalized spacial score (nSPS) is 12.4. The lowest BCUT2D eigenvalue weighted by Crippen LogP contribution is -2.29. The summed E-state index contributed by atoms with van der Waals surface area (Å²) in [7, 11) is 0. The summed E-state index contributed by atoms with van der Waals surface area (Å²) in [4.78, 5) is 15.8. The second kappa shape index (κ2) is 6.57. The summed E-state index contributed by atoms with van der Waals surface area (Å²) in [5.41, 5.74) is 5.83. The molecular formula is C10H17N3O2S. The first-order valence-corrected chi connectivity index (χ1v) is 6.08. The highest BCUT2D eigenvalue weighted by Crippen LogP contribution is 2.09. The SMILES string of the molecule is CC(CO)CNC(=O)c1csc(CCN)n1. The average molecular weight is 243 g/mol. The van der Waals surface area contributed by atoms with Crippen LogP contribution in [0.15, 0.2) is 5.38 Å². The van der Waals surface area contributed by atoms with Crippen LogP contribution in [0.1, 0.15) is 22.4 Å². The van der Waals surface area contributed by atoms with E-state index in [0.717, 1.165) is 5.01 Å². The van der Waals surface area contributed by atoms with Gasteiger partial charge in [-0.05, 0) is 12.5 Å². The Morgan fingerprint density at radius 1 is 1.75 bits per heavy atom. The minimum atomic E-state index is -0.195. The molecule has 0 saturated carbocycles. The van der Waals surface area contributed by atoms with Crippen molar-refractivity contribution in [3.8, 4) is 0 Å². The number of amides is 1. The van der Waals surface area contributed by atoms with Crippen molar-refractivity contribution in [2.45, 2.75) is 13.3 Å². The molecule has 5 nitrogen and oxygen atoms in total. The molecule has 0 fully saturated rings. The molecule has 0 aliphatic carbocycles. The lowest BCUT2D eigenvalue weighted by atomic mass is 10.2. The van der Waals surface area contributed by atoms with Gasteiger partial charge >= 0.3 is 0 Å². The van der Waals surface area contributed by atoms with Gasteiger partial charge in [0.2, 0.25) is 0 Å². The van der Waals surface area contributed by atoms with Crippen molar-refractivity contribution in [3.05, 3.63) is 16.1 Å². The number of aliphatic hydroxyl groups excluding tert-OH is 1. The highest BCUT2D eigenvalue weighted by Gasteiger charge is 2.11. The number of rotatable bonds is 6. The number of nitrogens with two attached hydrogens (primary N) is 1. The molecule has 1 rings (SSSR count). The number of thiazole rings is 1. The molecule has 0 aliphatic rings. The Morgan fingerprint density at radius 3 is 3.12 bits per heavy atom. The summed E-state index contributed by atoms with van der Waals surface area (Å²) in [6.45, 7) is 2.92. The standard InChI is InChI=1S/C10H17N3O2S/c1-7(5-14)4-12-10(15)8-6-16-9(13-8)2-3-11/h6-7,14H,2-5,11H2,1H3,(H,12,15). The number of carbonyl (C=O) groups excluding carboxylic acids is 1. The van der Waals surface area contributed by atoms with E-state index in [-0.39, 0.29) is 18.4 Å². The van der Waals surface area contributed by atoms with Gasteiger partial charge in [-0.1, -0.05) is 6.92 Å². The van der Waals surface area contributed by atoms with E-state index >= 15 is 0 Å². The van der Waals surface area contributed by atoms with Crippen molar-refractivity contribution in [2.24, 2.45) is 11.7 Å². The maximum absolute atomic E-state index is 11.6. The van der Waals surface area contributed by atoms with Crippen molar-refractivity contribution < 1.29 is 9.90 Å². The maximum Gasteiger partial charge on any atom is 0.270 e. The molecule has 0 spiro atoms. The molecule has 0 aromatic carbocycles. The molecule has 16 heavy (non-hydrogen) atoms. The number of aromatic nitrogens is 1. The van der Waals surface area contributed by atoms with E-state index in [0.29, 0.717) is 25.2 Å². The second-order valence-corrected chi connectivity index (χ2v) is 4.61. The number of hydrogen-bond donors (Lipinski definition) is 3. The smallest absolute Gasteiger partial charge is 0.270 e. The second-order valence-electron chi connectivity index (χ2n) is 3.66. The molecule has 1 heterocycles. The van der Waals surface area contributed by atoms with Gasteiger partial charge in [-0.3, -0.25) is 4.79 Å². The largest absolute Gasteiger partial charge is 0.396 e. The van der Waals surface area contributed by atoms with Gasteiger partial charge < -0.3 is 16.2 Å². The van der Waals surface area contributed by atoms with Crippen LogP contribution >= 0.6 is 11.3 Å². The van der Waals surface area contributed by atoms with Crippen molar-refractivity contribution >= 4 is 17.2 Å². The average Bonchev–Trinajstić information content (AvgIpc) is 2.74. The fraction of sp³-hybridized carbons (Fsp3) is 0.600. The third-order valence-electron chi connectivity index (χ3n) is 2.07. The van der Waals surface area contributed by atoms with Crippen molar-refractivity contribution in [1.82, 2.24) is 10.3 Å². The van der Waals surface area contributed by atoms with Crippen LogP contribution in [0.5, 0.6) is 0 Å². The van der Waals surface area contributed by atoms with E-state index < -0.39 is 0 Å². The highest BCUT2D eigenvalue weighted by atomic mass is 32.1. The minimum absolute atomic E-state index is 0.0612. The van der Waals surface area contributed by atoms with E-state index in [9.17, 15) is 4.79 Å². The number of hydrogen-bond acceptors (Lipinski definition) is 5. The number of nitrogens with zero attached hydrogens (tertiary/aromatic N) is 1. The molecule has 0 saturated heterocycles. The topological polar surface area (TPSA) is 88.2 Å². The predicted octanol–water partition coefficient (Wildman–Crippen LogP) is 0.00250. The Kier molecular flexibility index (Phi) is 5.37. The molecule has 0 bridgehead atoms. The Bertz CT molecular complexity index is 341. The van der Waals surface area contributed by atoms with Crippen molar-refractivity contribution in [1.29, 1.82) is 0 Å². The Hall–Kier alpha value is -0.980. The monoisotopic (exact) mass is 243 g/mol. The number of nitrogens with one attached hydrogen (secondary N) is 1. The summed E-state index contributed by atoms with van der Waals surface area (Å²) in [6, 6.07) is 0. The van der Waals surface area contributed by atoms with Crippen LogP contribution in [0.3, 0.4) is 0 Å². The quantitative estimate of drug-likeness (QED) is 0.656. The molecule has 0 aliphatic heterocycles. The van der Waals surface area contributed by atoms with Crippen LogP contribution in [0, 0.1) is 5.92 Å². The number of aliphatic hydroxyl groups is 1. The molecule has 6 heteroatoms. The highest BCUT2D eigenvalue weighted by molar-refractivity contribution is 7.09. The van der Waals surface area contributed by atoms with Crippen LogP contribution in [0.25, 0.3) is 0 Å². The first-order valence-electron chi connectivity index (χ1n) is 5.21. The van der Waals surface area contributed by atoms with Crippen molar-refractivity contribution in [2.75, 3.05) is 19.7 Å². The van der Waals surface area contributed by atoms with Crippen LogP contribution in [0.4, 0.5) is 0 Å². The van der Waals surface area contributed by atoms with E-state index in [1.165, 1.54) is 11.3 Å². The fourth-order valence-electron chi connectivity index (χ4n) is 1.08. The van der Waals surface area contributed by atoms with Gasteiger partial charge in [0, 0.05) is 25.0 Å². The number of carbonyl (C=O) groups is 1. The molecular weight excluding hydrogens is 226 g/mol. The van der Waals surface area contributed by atoms with Gasteiger partial charge in [0.25, 0.3) is 5.91 Å². The minimum Gasteiger partial charge on any atom is -0.396 e. The Balaban J connectivity index is 2.46. The van der Waals surface area contributed by atoms with E-state index in [1.807, 2.05) is 6.92 Å². The summed E-state index contributed by atoms with van der Waals surface area (Å²) < 4.78 is 0. The molecule has 0 radical (unpaired) electrons. The molecule has 1 aromatic rings. The maximum atomic E-state index is 11.6. The van der Waals surface area contributed by atoms with Gasteiger partial charge in [-0.25, -0.2) is 4.98 Å². The van der Waals surface area contributed by atoms with Gasteiger partial charge in [-0.15, -0.1) is 11.3 Å². The first-order chi connectivity index (χ1) is 7.67. The summed E-state index contributed by atoms with van der Waals surface area (Å²) in [5.74, 6) is -0.133. The van der Waals surface area contributed by atoms with E-state index in [1.54, 1.807) is 5.38 Å². The summed E-state index contributed by atoms with van der Waals surface area (Å²) in [5, 5.41) is 14.1. The van der Waals surface area contributed by atoms with Gasteiger partial charge in [0.05, 0.1) is 5.01 Å². The lowest BCUT2D eigenvalue weighted by molar-refractivity contribution is 0.0938. The molecule has 90 valence electrons. The Labute approximate surface area is 98.7 Å². The fourth-order valence-corrected chi connectivity index (χ4v) is 1.87. The van der Waals surface area contributed by atoms with Crippen LogP contribution in [0.2, 0.25) is 0 Å². The zero-order chi connectivity index (χ0) is 12.0. The van der Waals surface area contributed by atoms with Crippen LogP contribution in [-0.4, -0.2) is 35.7 Å². The van der Waals surface area contributed by atoms with Crippen LogP contribution in [-0.2, 0) is 6.42 Å². The molecule has 1 amide bonds. The predicted molar refractivity (Wildman–Crippen MR) is 63.5 cm³/mol. The van der Waals surface area contributed by atoms with Crippen LogP contribution < -0.4 is 11.1 Å². The van der Waals surface area contributed by atoms with Crippen molar-refractivity contribution in [3.63, 3.8) is 0 Å². The summed E-state index contributed by atoms with van der Waals surface area (Å²) >= 11 is 1.44. The molecule has 1 unspecified atom stereocenters. The molecule has 4 N–H and O–H groups in total. The third kappa shape index (κ3) is 3.88. The lowest BCUT2D eigenvalue weighted by Gasteiger charge is -2.07. The zero-order valence-corrected chi connectivity index (χ0v) is 10.1. The molecule has 1 aromatic heterocycles. The van der Waals surface area contributed by atoms with E-state index in [2.05, 4.69) is 10.3 Å². The van der Waals surface area contributed by atoms with Gasteiger partial charge in [0.1, 0.15) is 5.69 Å².